The molecule has 0 spiro atoms. The van der Waals surface area contributed by atoms with Gasteiger partial charge in [-0.3, -0.25) is 14.4 Å². The topological polar surface area (TPSA) is 87.7 Å². The van der Waals surface area contributed by atoms with Crippen molar-refractivity contribution < 1.29 is 19.1 Å². The van der Waals surface area contributed by atoms with Gasteiger partial charge >= 0.3 is 0 Å². The van der Waals surface area contributed by atoms with Gasteiger partial charge < -0.3 is 20.3 Å². The first-order valence-electron chi connectivity index (χ1n) is 15.5. The van der Waals surface area contributed by atoms with E-state index in [4.69, 9.17) is 4.74 Å². The third-order valence-electron chi connectivity index (χ3n) is 7.78. The molecule has 5 rings (SSSR count). The molecule has 4 aromatic carbocycles. The Morgan fingerprint density at radius 2 is 1.41 bits per heavy atom. The van der Waals surface area contributed by atoms with E-state index in [0.29, 0.717) is 47.8 Å². The van der Waals surface area contributed by atoms with Crippen LogP contribution in [0.4, 0.5) is 11.4 Å². The van der Waals surface area contributed by atoms with Crippen molar-refractivity contribution in [1.82, 2.24) is 5.32 Å². The number of amides is 3. The first-order chi connectivity index (χ1) is 21.6. The molecule has 0 unspecified atom stereocenters. The summed E-state index contributed by atoms with van der Waals surface area (Å²) in [6.07, 6.45) is 6.69. The molecule has 7 nitrogen and oxygen atoms in total. The van der Waals surface area contributed by atoms with Crippen molar-refractivity contribution in [2.24, 2.45) is 0 Å². The maximum atomic E-state index is 13.4. The number of nitrogens with one attached hydrogen (secondary N) is 2. The standard InChI is InChI=1S/C37H39N3O4/c41-35(29-16-4-3-5-17-29)38-25-11-1-2-13-27-44-34-20-9-7-18-32(34)36(42)39-31-23-21-30(22-24-31)37(43)40-26-12-10-15-28-14-6-8-19-33(28)40/h3-9,14,16-24H,1-2,10-13,15,25-27H2,(H,38,41)(H,39,42). The number of ether oxygens (including phenoxy) is 1. The number of carbonyl (C=O) groups excluding carboxylic acids is 3. The molecule has 0 saturated carbocycles. The molecule has 3 amide bonds. The van der Waals surface area contributed by atoms with Gasteiger partial charge in [0.2, 0.25) is 0 Å². The van der Waals surface area contributed by atoms with Gasteiger partial charge in [0, 0.05) is 35.6 Å². The Balaban J connectivity index is 1.07. The summed E-state index contributed by atoms with van der Waals surface area (Å²) in [7, 11) is 0. The molecule has 0 bridgehead atoms. The second-order valence-corrected chi connectivity index (χ2v) is 11.0. The highest BCUT2D eigenvalue weighted by Crippen LogP contribution is 2.28. The Hall–Kier alpha value is -4.91. The SMILES string of the molecule is O=C(NCCCCCCOc1ccccc1C(=O)Nc1ccc(C(=O)N2CCCCc3ccccc32)cc1)c1ccccc1. The number of hydrogen-bond acceptors (Lipinski definition) is 4. The molecule has 0 radical (unpaired) electrons. The van der Waals surface area contributed by atoms with Crippen molar-refractivity contribution in [2.45, 2.75) is 44.9 Å². The molecule has 1 aliphatic heterocycles. The van der Waals surface area contributed by atoms with E-state index in [1.165, 1.54) is 5.56 Å². The van der Waals surface area contributed by atoms with Gasteiger partial charge in [-0.1, -0.05) is 61.4 Å². The molecule has 0 fully saturated rings. The number of aryl methyl sites for hydroxylation is 1. The van der Waals surface area contributed by atoms with Crippen LogP contribution in [0, 0.1) is 0 Å². The van der Waals surface area contributed by atoms with Gasteiger partial charge in [0.1, 0.15) is 5.75 Å². The molecular formula is C37H39N3O4. The lowest BCUT2D eigenvalue weighted by Gasteiger charge is -2.23. The average molecular weight is 590 g/mol. The fourth-order valence-corrected chi connectivity index (χ4v) is 5.39. The fraction of sp³-hybridized carbons (Fsp3) is 0.270. The van der Waals surface area contributed by atoms with Gasteiger partial charge in [-0.15, -0.1) is 0 Å². The van der Waals surface area contributed by atoms with Crippen LogP contribution < -0.4 is 20.3 Å². The Bertz CT molecular complexity index is 1550. The van der Waals surface area contributed by atoms with Crippen LogP contribution in [0.1, 0.15) is 75.2 Å². The van der Waals surface area contributed by atoms with Crippen LogP contribution in [0.5, 0.6) is 5.75 Å². The summed E-state index contributed by atoms with van der Waals surface area (Å²) in [5.74, 6) is 0.183. The number of hydrogen-bond donors (Lipinski definition) is 2. The van der Waals surface area contributed by atoms with Gasteiger partial charge in [0.15, 0.2) is 0 Å². The van der Waals surface area contributed by atoms with E-state index in [0.717, 1.165) is 50.6 Å². The predicted octanol–water partition coefficient (Wildman–Crippen LogP) is 7.29. The van der Waals surface area contributed by atoms with Crippen LogP contribution in [0.3, 0.4) is 0 Å². The zero-order valence-electron chi connectivity index (χ0n) is 25.0. The number of fused-ring (bicyclic) bond motifs is 1. The highest BCUT2D eigenvalue weighted by molar-refractivity contribution is 6.08. The predicted molar refractivity (Wildman–Crippen MR) is 175 cm³/mol. The molecule has 0 saturated heterocycles. The maximum Gasteiger partial charge on any atom is 0.259 e. The summed E-state index contributed by atoms with van der Waals surface area (Å²) < 4.78 is 5.97. The Morgan fingerprint density at radius 3 is 2.25 bits per heavy atom. The van der Waals surface area contributed by atoms with E-state index in [2.05, 4.69) is 16.7 Å². The van der Waals surface area contributed by atoms with Gasteiger partial charge in [-0.05, 0) is 92.3 Å². The van der Waals surface area contributed by atoms with Crippen molar-refractivity contribution in [3.8, 4) is 5.75 Å². The van der Waals surface area contributed by atoms with Crippen molar-refractivity contribution in [2.75, 3.05) is 29.9 Å². The first-order valence-corrected chi connectivity index (χ1v) is 15.5. The van der Waals surface area contributed by atoms with Crippen LogP contribution in [0.25, 0.3) is 0 Å². The number of nitrogens with zero attached hydrogens (tertiary/aromatic N) is 1. The largest absolute Gasteiger partial charge is 0.493 e. The minimum atomic E-state index is -0.268. The summed E-state index contributed by atoms with van der Waals surface area (Å²) in [6, 6.07) is 31.6. The molecule has 0 aliphatic carbocycles. The normalized spacial score (nSPS) is 12.5. The summed E-state index contributed by atoms with van der Waals surface area (Å²) in [5.41, 5.74) is 4.51. The maximum absolute atomic E-state index is 13.4. The summed E-state index contributed by atoms with van der Waals surface area (Å²) in [5, 5.41) is 5.89. The Labute approximate surface area is 259 Å². The van der Waals surface area contributed by atoms with Crippen molar-refractivity contribution in [3.63, 3.8) is 0 Å². The lowest BCUT2D eigenvalue weighted by molar-refractivity contribution is 0.0950. The van der Waals surface area contributed by atoms with Crippen molar-refractivity contribution in [1.29, 1.82) is 0 Å². The lowest BCUT2D eigenvalue weighted by atomic mass is 10.1. The van der Waals surface area contributed by atoms with E-state index in [9.17, 15) is 14.4 Å². The number of anilines is 2. The molecule has 2 N–H and O–H groups in total. The van der Waals surface area contributed by atoms with E-state index < -0.39 is 0 Å². The minimum Gasteiger partial charge on any atom is -0.493 e. The zero-order chi connectivity index (χ0) is 30.6. The summed E-state index contributed by atoms with van der Waals surface area (Å²) in [4.78, 5) is 40.5. The highest BCUT2D eigenvalue weighted by Gasteiger charge is 2.22. The minimum absolute atomic E-state index is 0.0343. The lowest BCUT2D eigenvalue weighted by Crippen LogP contribution is -2.31. The molecule has 1 aliphatic rings. The van der Waals surface area contributed by atoms with E-state index >= 15 is 0 Å². The van der Waals surface area contributed by atoms with Gasteiger partial charge in [0.05, 0.1) is 12.2 Å². The average Bonchev–Trinajstić information content (AvgIpc) is 3.29. The molecule has 44 heavy (non-hydrogen) atoms. The zero-order valence-corrected chi connectivity index (χ0v) is 25.0. The molecule has 7 heteroatoms. The molecular weight excluding hydrogens is 550 g/mol. The third-order valence-corrected chi connectivity index (χ3v) is 7.78. The number of unbranched alkanes of at least 4 members (excludes halogenated alkanes) is 3. The van der Waals surface area contributed by atoms with Crippen molar-refractivity contribution in [3.05, 3.63) is 125 Å². The van der Waals surface area contributed by atoms with Gasteiger partial charge in [0.25, 0.3) is 17.7 Å². The highest BCUT2D eigenvalue weighted by atomic mass is 16.5. The third kappa shape index (κ3) is 8.13. The smallest absolute Gasteiger partial charge is 0.259 e. The number of carbonyl (C=O) groups is 3. The van der Waals surface area contributed by atoms with Gasteiger partial charge in [-0.2, -0.15) is 0 Å². The molecule has 0 aromatic heterocycles. The van der Waals surface area contributed by atoms with Crippen LogP contribution in [0.15, 0.2) is 103 Å². The van der Waals surface area contributed by atoms with Crippen LogP contribution in [0.2, 0.25) is 0 Å². The molecule has 1 heterocycles. The van der Waals surface area contributed by atoms with Crippen LogP contribution >= 0.6 is 0 Å². The van der Waals surface area contributed by atoms with E-state index in [1.807, 2.05) is 53.4 Å². The number of rotatable bonds is 12. The monoisotopic (exact) mass is 589 g/mol. The Morgan fingerprint density at radius 1 is 0.682 bits per heavy atom. The quantitative estimate of drug-likeness (QED) is 0.170. The summed E-state index contributed by atoms with van der Waals surface area (Å²) >= 11 is 0. The molecule has 0 atom stereocenters. The summed E-state index contributed by atoms with van der Waals surface area (Å²) in [6.45, 7) is 1.83. The van der Waals surface area contributed by atoms with E-state index in [-0.39, 0.29) is 17.7 Å². The fourth-order valence-electron chi connectivity index (χ4n) is 5.39. The second-order valence-electron chi connectivity index (χ2n) is 11.0. The molecule has 4 aromatic rings. The van der Waals surface area contributed by atoms with Crippen LogP contribution in [-0.4, -0.2) is 37.4 Å². The number of benzene rings is 4. The van der Waals surface area contributed by atoms with E-state index in [1.54, 1.807) is 48.5 Å². The molecule has 226 valence electrons. The first kappa shape index (κ1) is 30.5. The van der Waals surface area contributed by atoms with Crippen LogP contribution in [-0.2, 0) is 6.42 Å². The number of para-hydroxylation sites is 2. The Kier molecular flexibility index (Phi) is 10.8. The second kappa shape index (κ2) is 15.5. The van der Waals surface area contributed by atoms with Crippen molar-refractivity contribution >= 4 is 29.1 Å². The van der Waals surface area contributed by atoms with Gasteiger partial charge in [-0.25, -0.2) is 0 Å².